The number of aliphatic carboxylic acids is 1. The number of likely N-dealkylation sites (N-methyl/N-ethyl adjacent to an activating group) is 1. The van der Waals surface area contributed by atoms with Gasteiger partial charge < -0.3 is 14.4 Å². The van der Waals surface area contributed by atoms with Gasteiger partial charge in [0.1, 0.15) is 12.4 Å². The number of ether oxygens (including phenoxy) is 1. The van der Waals surface area contributed by atoms with Gasteiger partial charge in [0.05, 0.1) is 6.54 Å². The SMILES string of the molecule is CN(CCOc1ccc(-c2ccc3ccn(C)c3c2)cc1C1CC=CS1)CC(=O)O. The molecule has 156 valence electrons. The molecule has 4 rings (SSSR count). The second-order valence-electron chi connectivity index (χ2n) is 7.67. The summed E-state index contributed by atoms with van der Waals surface area (Å²) in [6, 6.07) is 15.1. The minimum atomic E-state index is -0.828. The van der Waals surface area contributed by atoms with E-state index in [1.54, 1.807) is 11.9 Å². The molecule has 0 spiro atoms. The Balaban J connectivity index is 1.58. The fourth-order valence-corrected chi connectivity index (χ4v) is 4.72. The second kappa shape index (κ2) is 8.98. The molecule has 1 aliphatic heterocycles. The number of aromatic nitrogens is 1. The van der Waals surface area contributed by atoms with Crippen molar-refractivity contribution in [3.8, 4) is 16.9 Å². The third kappa shape index (κ3) is 4.55. The van der Waals surface area contributed by atoms with Crippen molar-refractivity contribution >= 4 is 28.6 Å². The van der Waals surface area contributed by atoms with Crippen LogP contribution in [0.4, 0.5) is 0 Å². The molecule has 5 nitrogen and oxygen atoms in total. The van der Waals surface area contributed by atoms with E-state index in [0.717, 1.165) is 12.2 Å². The molecule has 1 aromatic heterocycles. The molecule has 6 heteroatoms. The van der Waals surface area contributed by atoms with Gasteiger partial charge in [-0.15, -0.1) is 11.8 Å². The smallest absolute Gasteiger partial charge is 0.317 e. The third-order valence-corrected chi connectivity index (χ3v) is 6.53. The average Bonchev–Trinajstić information content (AvgIpc) is 3.38. The highest BCUT2D eigenvalue weighted by molar-refractivity contribution is 8.02. The van der Waals surface area contributed by atoms with Crippen LogP contribution in [0.1, 0.15) is 17.2 Å². The molecule has 0 saturated heterocycles. The van der Waals surface area contributed by atoms with Crippen molar-refractivity contribution in [1.82, 2.24) is 9.47 Å². The Morgan fingerprint density at radius 2 is 2.03 bits per heavy atom. The van der Waals surface area contributed by atoms with Gasteiger partial charge >= 0.3 is 5.97 Å². The molecule has 2 aromatic carbocycles. The first-order valence-electron chi connectivity index (χ1n) is 10.0. The second-order valence-corrected chi connectivity index (χ2v) is 8.78. The Labute approximate surface area is 180 Å². The highest BCUT2D eigenvalue weighted by Crippen LogP contribution is 2.44. The number of carbonyl (C=O) groups is 1. The van der Waals surface area contributed by atoms with Crippen LogP contribution < -0.4 is 4.74 Å². The fraction of sp³-hybridized carbons (Fsp3) is 0.292. The summed E-state index contributed by atoms with van der Waals surface area (Å²) in [5, 5.41) is 12.6. The molecule has 0 fully saturated rings. The van der Waals surface area contributed by atoms with Crippen LogP contribution in [0.15, 0.2) is 60.1 Å². The summed E-state index contributed by atoms with van der Waals surface area (Å²) in [5.41, 5.74) is 4.77. The van der Waals surface area contributed by atoms with Gasteiger partial charge in [-0.05, 0) is 59.7 Å². The largest absolute Gasteiger partial charge is 0.492 e. The van der Waals surface area contributed by atoms with Crippen molar-refractivity contribution in [3.63, 3.8) is 0 Å². The number of carboxylic acid groups (broad SMARTS) is 1. The zero-order valence-corrected chi connectivity index (χ0v) is 18.1. The van der Waals surface area contributed by atoms with Crippen molar-refractivity contribution in [3.05, 3.63) is 65.7 Å². The van der Waals surface area contributed by atoms with Crippen LogP contribution in [-0.2, 0) is 11.8 Å². The van der Waals surface area contributed by atoms with E-state index in [0.29, 0.717) is 18.4 Å². The summed E-state index contributed by atoms with van der Waals surface area (Å²) in [6.07, 6.45) is 5.27. The Kier molecular flexibility index (Phi) is 6.16. The number of carboxylic acids is 1. The maximum absolute atomic E-state index is 10.8. The van der Waals surface area contributed by atoms with Crippen molar-refractivity contribution in [2.75, 3.05) is 26.7 Å². The van der Waals surface area contributed by atoms with Crippen LogP contribution in [0.2, 0.25) is 0 Å². The summed E-state index contributed by atoms with van der Waals surface area (Å²) in [6.45, 7) is 1.03. The molecular weight excluding hydrogens is 396 g/mol. The van der Waals surface area contributed by atoms with Gasteiger partial charge in [0.15, 0.2) is 0 Å². The Morgan fingerprint density at radius 3 is 2.80 bits per heavy atom. The summed E-state index contributed by atoms with van der Waals surface area (Å²) in [5.74, 6) is 0.0507. The fourth-order valence-electron chi connectivity index (χ4n) is 3.76. The maximum atomic E-state index is 10.8. The number of aryl methyl sites for hydroxylation is 1. The Hall–Kier alpha value is -2.70. The van der Waals surface area contributed by atoms with Gasteiger partial charge in [-0.2, -0.15) is 0 Å². The van der Waals surface area contributed by atoms with Crippen LogP contribution >= 0.6 is 11.8 Å². The standard InChI is InChI=1S/C24H26N2O3S/c1-25(16-24(27)28)11-12-29-22-8-7-18(14-20(22)23-4-3-13-30-23)19-6-5-17-9-10-26(2)21(17)15-19/h3,5-10,13-15,23H,4,11-12,16H2,1-2H3,(H,27,28). The highest BCUT2D eigenvalue weighted by atomic mass is 32.2. The molecule has 3 aromatic rings. The number of hydrogen-bond donors (Lipinski definition) is 1. The van der Waals surface area contributed by atoms with E-state index in [4.69, 9.17) is 9.84 Å². The minimum Gasteiger partial charge on any atom is -0.492 e. The summed E-state index contributed by atoms with van der Waals surface area (Å²) in [4.78, 5) is 12.6. The predicted octanol–water partition coefficient (Wildman–Crippen LogP) is 4.93. The Morgan fingerprint density at radius 1 is 1.23 bits per heavy atom. The van der Waals surface area contributed by atoms with Gasteiger partial charge in [-0.3, -0.25) is 9.69 Å². The molecule has 1 aliphatic rings. The molecular formula is C24H26N2O3S. The van der Waals surface area contributed by atoms with E-state index in [2.05, 4.69) is 71.8 Å². The lowest BCUT2D eigenvalue weighted by Crippen LogP contribution is -2.29. The van der Waals surface area contributed by atoms with E-state index in [9.17, 15) is 4.79 Å². The van der Waals surface area contributed by atoms with Crippen LogP contribution in [0.25, 0.3) is 22.0 Å². The molecule has 0 amide bonds. The summed E-state index contributed by atoms with van der Waals surface area (Å²) in [7, 11) is 3.86. The topological polar surface area (TPSA) is 54.7 Å². The van der Waals surface area contributed by atoms with E-state index in [-0.39, 0.29) is 6.54 Å². The predicted molar refractivity (Wildman–Crippen MR) is 123 cm³/mol. The van der Waals surface area contributed by atoms with Crippen LogP contribution in [0, 0.1) is 0 Å². The first-order chi connectivity index (χ1) is 14.5. The lowest BCUT2D eigenvalue weighted by molar-refractivity contribution is -0.138. The normalized spacial score (nSPS) is 15.9. The first-order valence-corrected chi connectivity index (χ1v) is 11.0. The van der Waals surface area contributed by atoms with Gasteiger partial charge in [0.25, 0.3) is 0 Å². The molecule has 1 atom stereocenters. The van der Waals surface area contributed by atoms with Crippen molar-refractivity contribution in [1.29, 1.82) is 0 Å². The average molecular weight is 423 g/mol. The lowest BCUT2D eigenvalue weighted by atomic mass is 9.99. The molecule has 0 aliphatic carbocycles. The molecule has 2 heterocycles. The number of allylic oxidation sites excluding steroid dienone is 1. The molecule has 1 unspecified atom stereocenters. The first kappa shape index (κ1) is 20.6. The minimum absolute atomic E-state index is 0.0131. The number of rotatable bonds is 8. The zero-order valence-electron chi connectivity index (χ0n) is 17.2. The van der Waals surface area contributed by atoms with E-state index >= 15 is 0 Å². The molecule has 30 heavy (non-hydrogen) atoms. The lowest BCUT2D eigenvalue weighted by Gasteiger charge is -2.19. The summed E-state index contributed by atoms with van der Waals surface area (Å²) >= 11 is 1.82. The van der Waals surface area contributed by atoms with Gasteiger partial charge in [0, 0.05) is 36.1 Å². The quantitative estimate of drug-likeness (QED) is 0.558. The third-order valence-electron chi connectivity index (χ3n) is 5.40. The van der Waals surface area contributed by atoms with Crippen LogP contribution in [-0.4, -0.2) is 47.3 Å². The number of thioether (sulfide) groups is 1. The van der Waals surface area contributed by atoms with E-state index in [1.165, 1.54) is 27.6 Å². The Bertz CT molecular complexity index is 1080. The van der Waals surface area contributed by atoms with Crippen molar-refractivity contribution < 1.29 is 14.6 Å². The molecule has 0 bridgehead atoms. The molecule has 0 radical (unpaired) electrons. The molecule has 1 N–H and O–H groups in total. The van der Waals surface area contributed by atoms with Crippen molar-refractivity contribution in [2.24, 2.45) is 7.05 Å². The van der Waals surface area contributed by atoms with Gasteiger partial charge in [-0.25, -0.2) is 0 Å². The zero-order chi connectivity index (χ0) is 21.1. The van der Waals surface area contributed by atoms with Gasteiger partial charge in [-0.1, -0.05) is 24.3 Å². The van der Waals surface area contributed by atoms with Crippen LogP contribution in [0.5, 0.6) is 5.75 Å². The maximum Gasteiger partial charge on any atom is 0.317 e. The van der Waals surface area contributed by atoms with E-state index in [1.807, 2.05) is 11.8 Å². The van der Waals surface area contributed by atoms with E-state index < -0.39 is 5.97 Å². The number of benzene rings is 2. The van der Waals surface area contributed by atoms with Crippen molar-refractivity contribution in [2.45, 2.75) is 11.7 Å². The summed E-state index contributed by atoms with van der Waals surface area (Å²) < 4.78 is 8.23. The number of nitrogens with zero attached hydrogens (tertiary/aromatic N) is 2. The van der Waals surface area contributed by atoms with Crippen LogP contribution in [0.3, 0.4) is 0 Å². The monoisotopic (exact) mass is 422 g/mol. The molecule has 0 saturated carbocycles. The highest BCUT2D eigenvalue weighted by Gasteiger charge is 2.19. The number of hydrogen-bond acceptors (Lipinski definition) is 4. The van der Waals surface area contributed by atoms with Gasteiger partial charge in [0.2, 0.25) is 0 Å². The number of fused-ring (bicyclic) bond motifs is 1.